The molecule has 0 aliphatic heterocycles. The molecule has 0 fully saturated rings. The number of hydrazone groups is 1. The lowest BCUT2D eigenvalue weighted by atomic mass is 10.1. The SMILES string of the molecule is COc1cc(-c2cc(C(=O)N/N=C/C=C/c3ccccc3)[nH]n2)ccc1OCc1ccccc1. The van der Waals surface area contributed by atoms with Crippen molar-refractivity contribution in [2.24, 2.45) is 5.10 Å². The fourth-order valence-electron chi connectivity index (χ4n) is 3.18. The number of aromatic nitrogens is 2. The molecule has 0 spiro atoms. The summed E-state index contributed by atoms with van der Waals surface area (Å²) in [4.78, 5) is 12.4. The third-order valence-corrected chi connectivity index (χ3v) is 4.93. The number of hydrogen-bond acceptors (Lipinski definition) is 5. The van der Waals surface area contributed by atoms with Gasteiger partial charge in [-0.2, -0.15) is 10.2 Å². The summed E-state index contributed by atoms with van der Waals surface area (Å²) in [6, 6.07) is 26.9. The minimum Gasteiger partial charge on any atom is -0.493 e. The maximum atomic E-state index is 12.4. The first-order valence-corrected chi connectivity index (χ1v) is 10.7. The van der Waals surface area contributed by atoms with E-state index < -0.39 is 5.91 Å². The number of carbonyl (C=O) groups is 1. The van der Waals surface area contributed by atoms with Gasteiger partial charge in [-0.1, -0.05) is 66.7 Å². The van der Waals surface area contributed by atoms with Gasteiger partial charge in [0.15, 0.2) is 11.5 Å². The number of rotatable bonds is 9. The molecule has 0 unspecified atom stereocenters. The van der Waals surface area contributed by atoms with Crippen LogP contribution in [0.25, 0.3) is 17.3 Å². The highest BCUT2D eigenvalue weighted by atomic mass is 16.5. The first-order valence-electron chi connectivity index (χ1n) is 10.7. The van der Waals surface area contributed by atoms with E-state index in [1.54, 1.807) is 19.3 Å². The largest absolute Gasteiger partial charge is 0.493 e. The van der Waals surface area contributed by atoms with Crippen molar-refractivity contribution in [1.29, 1.82) is 0 Å². The van der Waals surface area contributed by atoms with E-state index >= 15 is 0 Å². The molecular weight excluding hydrogens is 428 g/mol. The summed E-state index contributed by atoms with van der Waals surface area (Å²) in [6.07, 6.45) is 5.16. The van der Waals surface area contributed by atoms with Crippen LogP contribution >= 0.6 is 0 Å². The highest BCUT2D eigenvalue weighted by Gasteiger charge is 2.13. The topological polar surface area (TPSA) is 88.6 Å². The molecule has 4 aromatic rings. The Hall–Kier alpha value is -4.65. The summed E-state index contributed by atoms with van der Waals surface area (Å²) < 4.78 is 11.4. The molecule has 0 saturated carbocycles. The van der Waals surface area contributed by atoms with E-state index in [2.05, 4.69) is 20.7 Å². The van der Waals surface area contributed by atoms with Gasteiger partial charge in [0, 0.05) is 11.8 Å². The molecule has 7 heteroatoms. The lowest BCUT2D eigenvalue weighted by Crippen LogP contribution is -2.17. The average molecular weight is 453 g/mol. The van der Waals surface area contributed by atoms with Gasteiger partial charge in [-0.05, 0) is 41.5 Å². The minimum atomic E-state index is -0.391. The fourth-order valence-corrected chi connectivity index (χ4v) is 3.18. The number of aromatic amines is 1. The molecule has 0 aliphatic rings. The molecule has 7 nitrogen and oxygen atoms in total. The Labute approximate surface area is 197 Å². The van der Waals surface area contributed by atoms with E-state index in [-0.39, 0.29) is 0 Å². The molecule has 0 atom stereocenters. The van der Waals surface area contributed by atoms with E-state index in [0.29, 0.717) is 29.5 Å². The molecule has 1 amide bonds. The zero-order valence-electron chi connectivity index (χ0n) is 18.6. The van der Waals surface area contributed by atoms with Gasteiger partial charge in [0.25, 0.3) is 5.91 Å². The molecule has 1 heterocycles. The second kappa shape index (κ2) is 11.3. The number of amides is 1. The van der Waals surface area contributed by atoms with Gasteiger partial charge in [-0.25, -0.2) is 5.43 Å². The highest BCUT2D eigenvalue weighted by molar-refractivity contribution is 5.94. The maximum Gasteiger partial charge on any atom is 0.289 e. The van der Waals surface area contributed by atoms with Gasteiger partial charge < -0.3 is 9.47 Å². The molecule has 0 bridgehead atoms. The number of nitrogens with zero attached hydrogens (tertiary/aromatic N) is 2. The van der Waals surface area contributed by atoms with Crippen LogP contribution in [0.2, 0.25) is 0 Å². The molecule has 1 aromatic heterocycles. The van der Waals surface area contributed by atoms with Crippen molar-refractivity contribution in [3.05, 3.63) is 108 Å². The molecule has 3 aromatic carbocycles. The lowest BCUT2D eigenvalue weighted by molar-refractivity contribution is 0.0950. The Kier molecular flexibility index (Phi) is 7.48. The van der Waals surface area contributed by atoms with Crippen molar-refractivity contribution in [1.82, 2.24) is 15.6 Å². The number of benzene rings is 3. The second-order valence-electron chi connectivity index (χ2n) is 7.30. The standard InChI is InChI=1S/C27H24N4O3/c1-33-26-17-22(14-15-25(26)34-19-21-11-6-3-7-12-21)23-18-24(30-29-23)27(32)31-28-16-8-13-20-9-4-2-5-10-20/h2-18H,19H2,1H3,(H,29,30)(H,31,32)/b13-8+,28-16+. The fraction of sp³-hybridized carbons (Fsp3) is 0.0741. The molecular formula is C27H24N4O3. The van der Waals surface area contributed by atoms with Crippen LogP contribution < -0.4 is 14.9 Å². The zero-order valence-corrected chi connectivity index (χ0v) is 18.6. The Morgan fingerprint density at radius 1 is 1.00 bits per heavy atom. The summed E-state index contributed by atoms with van der Waals surface area (Å²) in [5.74, 6) is 0.816. The highest BCUT2D eigenvalue weighted by Crippen LogP contribution is 2.32. The quantitative estimate of drug-likeness (QED) is 0.273. The number of hydrogen-bond donors (Lipinski definition) is 2. The van der Waals surface area contributed by atoms with E-state index in [1.807, 2.05) is 84.9 Å². The van der Waals surface area contributed by atoms with Crippen LogP contribution in [0, 0.1) is 0 Å². The van der Waals surface area contributed by atoms with Crippen molar-refractivity contribution >= 4 is 18.2 Å². The summed E-state index contributed by atoms with van der Waals surface area (Å²) in [5.41, 5.74) is 6.27. The van der Waals surface area contributed by atoms with Gasteiger partial charge in [0.1, 0.15) is 12.3 Å². The van der Waals surface area contributed by atoms with Crippen molar-refractivity contribution in [3.8, 4) is 22.8 Å². The van der Waals surface area contributed by atoms with E-state index in [0.717, 1.165) is 16.7 Å². The molecule has 2 N–H and O–H groups in total. The molecule has 0 aliphatic carbocycles. The van der Waals surface area contributed by atoms with Gasteiger partial charge in [0.05, 0.1) is 12.8 Å². The van der Waals surface area contributed by atoms with Gasteiger partial charge in [-0.3, -0.25) is 9.89 Å². The maximum absolute atomic E-state index is 12.4. The average Bonchev–Trinajstić information content (AvgIpc) is 3.39. The van der Waals surface area contributed by atoms with Crippen LogP contribution in [-0.2, 0) is 6.61 Å². The number of H-pyrrole nitrogens is 1. The van der Waals surface area contributed by atoms with Gasteiger partial charge in [0.2, 0.25) is 0 Å². The second-order valence-corrected chi connectivity index (χ2v) is 7.30. The van der Waals surface area contributed by atoms with E-state index in [1.165, 1.54) is 6.21 Å². The Morgan fingerprint density at radius 2 is 1.76 bits per heavy atom. The lowest BCUT2D eigenvalue weighted by Gasteiger charge is -2.11. The molecule has 0 saturated heterocycles. The van der Waals surface area contributed by atoms with E-state index in [9.17, 15) is 4.79 Å². The Morgan fingerprint density at radius 3 is 2.53 bits per heavy atom. The summed E-state index contributed by atoms with van der Waals surface area (Å²) in [5, 5.41) is 10.9. The van der Waals surface area contributed by atoms with Crippen LogP contribution in [-0.4, -0.2) is 29.4 Å². The predicted octanol–water partition coefficient (Wildman–Crippen LogP) is 5.09. The minimum absolute atomic E-state index is 0.294. The zero-order chi connectivity index (χ0) is 23.6. The monoisotopic (exact) mass is 452 g/mol. The van der Waals surface area contributed by atoms with Crippen molar-refractivity contribution < 1.29 is 14.3 Å². The van der Waals surface area contributed by atoms with Crippen LogP contribution in [0.1, 0.15) is 21.6 Å². The number of allylic oxidation sites excluding steroid dienone is 1. The summed E-state index contributed by atoms with van der Waals surface area (Å²) >= 11 is 0. The Bertz CT molecular complexity index is 1280. The molecule has 34 heavy (non-hydrogen) atoms. The molecule has 0 radical (unpaired) electrons. The first kappa shape index (κ1) is 22.5. The third kappa shape index (κ3) is 5.98. The van der Waals surface area contributed by atoms with Crippen LogP contribution in [0.4, 0.5) is 0 Å². The number of ether oxygens (including phenoxy) is 2. The summed E-state index contributed by atoms with van der Waals surface area (Å²) in [7, 11) is 1.59. The van der Waals surface area contributed by atoms with Crippen LogP contribution in [0.3, 0.4) is 0 Å². The van der Waals surface area contributed by atoms with Crippen molar-refractivity contribution in [3.63, 3.8) is 0 Å². The predicted molar refractivity (Wildman–Crippen MR) is 133 cm³/mol. The molecule has 4 rings (SSSR count). The first-order chi connectivity index (χ1) is 16.7. The Balaban J connectivity index is 1.37. The third-order valence-electron chi connectivity index (χ3n) is 4.93. The number of methoxy groups -OCH3 is 1. The molecule has 170 valence electrons. The number of nitrogens with one attached hydrogen (secondary N) is 2. The summed E-state index contributed by atoms with van der Waals surface area (Å²) in [6.45, 7) is 0.435. The van der Waals surface area contributed by atoms with E-state index in [4.69, 9.17) is 9.47 Å². The van der Waals surface area contributed by atoms with Gasteiger partial charge in [-0.15, -0.1) is 0 Å². The van der Waals surface area contributed by atoms with Crippen molar-refractivity contribution in [2.75, 3.05) is 7.11 Å². The van der Waals surface area contributed by atoms with Crippen LogP contribution in [0.15, 0.2) is 96.1 Å². The normalized spacial score (nSPS) is 11.1. The smallest absolute Gasteiger partial charge is 0.289 e. The van der Waals surface area contributed by atoms with Crippen LogP contribution in [0.5, 0.6) is 11.5 Å². The van der Waals surface area contributed by atoms with Gasteiger partial charge >= 0.3 is 0 Å². The number of carbonyl (C=O) groups excluding carboxylic acids is 1. The van der Waals surface area contributed by atoms with Crippen molar-refractivity contribution in [2.45, 2.75) is 6.61 Å².